The minimum Gasteiger partial charge on any atom is -0.327 e. The number of alkyl halides is 3. The summed E-state index contributed by atoms with van der Waals surface area (Å²) in [4.78, 5) is 20.2. The predicted octanol–water partition coefficient (Wildman–Crippen LogP) is 2.81. The Balaban J connectivity index is 1.74. The second-order valence-corrected chi connectivity index (χ2v) is 6.62. The zero-order chi connectivity index (χ0) is 18.9. The van der Waals surface area contributed by atoms with Crippen molar-refractivity contribution in [3.8, 4) is 0 Å². The molecule has 0 amide bonds. The lowest BCUT2D eigenvalue weighted by Gasteiger charge is -2.14. The van der Waals surface area contributed by atoms with E-state index in [1.54, 1.807) is 18.2 Å². The minimum atomic E-state index is -4.34. The Kier molecular flexibility index (Phi) is 5.02. The number of aromatic nitrogens is 2. The zero-order valence-electron chi connectivity index (χ0n) is 13.8. The van der Waals surface area contributed by atoms with Gasteiger partial charge in [-0.15, -0.1) is 0 Å². The molecule has 2 N–H and O–H groups in total. The van der Waals surface area contributed by atoms with E-state index in [1.807, 2.05) is 7.05 Å². The minimum absolute atomic E-state index is 0.246. The normalized spacial score (nSPS) is 13.1. The van der Waals surface area contributed by atoms with Gasteiger partial charge in [0.05, 0.1) is 23.5 Å². The number of hydrogen-bond acceptors (Lipinski definition) is 2. The molecule has 1 unspecified atom stereocenters. The summed E-state index contributed by atoms with van der Waals surface area (Å²) in [5, 5.41) is 0.950. The lowest BCUT2D eigenvalue weighted by molar-refractivity contribution is -0.908. The molecule has 0 aliphatic rings. The molecule has 1 aromatic heterocycles. The average Bonchev–Trinajstić information content (AvgIpc) is 2.53. The number of fused-ring (bicyclic) bond motifs is 1. The molecule has 2 aromatic carbocycles. The van der Waals surface area contributed by atoms with E-state index in [-0.39, 0.29) is 5.56 Å². The van der Waals surface area contributed by atoms with Gasteiger partial charge in [-0.1, -0.05) is 23.7 Å². The van der Waals surface area contributed by atoms with Crippen molar-refractivity contribution < 1.29 is 18.1 Å². The van der Waals surface area contributed by atoms with Crippen molar-refractivity contribution in [2.75, 3.05) is 7.05 Å². The molecule has 3 aromatic rings. The highest BCUT2D eigenvalue weighted by Gasteiger charge is 2.30. The van der Waals surface area contributed by atoms with Crippen LogP contribution in [0.15, 0.2) is 47.3 Å². The molecule has 4 nitrogen and oxygen atoms in total. The molecule has 26 heavy (non-hydrogen) atoms. The monoisotopic (exact) mass is 382 g/mol. The molecule has 8 heteroatoms. The molecule has 1 atom stereocenters. The van der Waals surface area contributed by atoms with Crippen LogP contribution in [-0.4, -0.2) is 17.0 Å². The number of H-pyrrole nitrogens is 1. The summed E-state index contributed by atoms with van der Waals surface area (Å²) in [7, 11) is 1.87. The number of nitrogens with one attached hydrogen (secondary N) is 2. The number of benzene rings is 2. The van der Waals surface area contributed by atoms with Gasteiger partial charge >= 0.3 is 6.18 Å². The zero-order valence-corrected chi connectivity index (χ0v) is 14.6. The highest BCUT2D eigenvalue weighted by atomic mass is 35.5. The van der Waals surface area contributed by atoms with Gasteiger partial charge < -0.3 is 9.88 Å². The number of aromatic amines is 1. The quantitative estimate of drug-likeness (QED) is 0.729. The van der Waals surface area contributed by atoms with Crippen LogP contribution in [0.5, 0.6) is 0 Å². The molecular weight excluding hydrogens is 367 g/mol. The maximum Gasteiger partial charge on any atom is 0.416 e. The van der Waals surface area contributed by atoms with Crippen LogP contribution in [0.1, 0.15) is 17.0 Å². The van der Waals surface area contributed by atoms with E-state index in [0.29, 0.717) is 34.8 Å². The fourth-order valence-electron chi connectivity index (χ4n) is 2.75. The molecule has 0 aliphatic heterocycles. The van der Waals surface area contributed by atoms with Gasteiger partial charge in [-0.2, -0.15) is 13.2 Å². The molecule has 136 valence electrons. The second kappa shape index (κ2) is 7.09. The van der Waals surface area contributed by atoms with Gasteiger partial charge in [0, 0.05) is 10.6 Å². The maximum atomic E-state index is 12.6. The largest absolute Gasteiger partial charge is 0.416 e. The van der Waals surface area contributed by atoms with E-state index in [9.17, 15) is 18.0 Å². The fourth-order valence-corrected chi connectivity index (χ4v) is 2.92. The molecule has 0 fully saturated rings. The summed E-state index contributed by atoms with van der Waals surface area (Å²) in [6.45, 7) is 0.911. The van der Waals surface area contributed by atoms with Crippen LogP contribution in [-0.2, 0) is 19.3 Å². The van der Waals surface area contributed by atoms with Crippen molar-refractivity contribution in [2.24, 2.45) is 0 Å². The number of rotatable bonds is 4. The summed E-state index contributed by atoms with van der Waals surface area (Å²) in [5.74, 6) is 0.495. The third-order valence-corrected chi connectivity index (χ3v) is 4.21. The Bertz CT molecular complexity index is 984. The highest BCUT2D eigenvalue weighted by Crippen LogP contribution is 2.28. The SMILES string of the molecule is C[NH+](Cc1ccc(C(F)(F)F)cc1)Cc1nc2cc(Cl)ccc2c(=O)[nH]1. The molecule has 0 aliphatic carbocycles. The van der Waals surface area contributed by atoms with Gasteiger partial charge in [-0.3, -0.25) is 4.79 Å². The summed E-state index contributed by atoms with van der Waals surface area (Å²) in [5.41, 5.74) is 0.362. The van der Waals surface area contributed by atoms with E-state index >= 15 is 0 Å². The van der Waals surface area contributed by atoms with Crippen LogP contribution in [0.4, 0.5) is 13.2 Å². The van der Waals surface area contributed by atoms with Gasteiger partial charge in [-0.05, 0) is 30.3 Å². The molecular formula is C18H16ClF3N3O+. The fraction of sp³-hybridized carbons (Fsp3) is 0.222. The van der Waals surface area contributed by atoms with Gasteiger partial charge in [-0.25, -0.2) is 4.98 Å². The average molecular weight is 383 g/mol. The molecule has 0 bridgehead atoms. The van der Waals surface area contributed by atoms with E-state index in [4.69, 9.17) is 11.6 Å². The summed E-state index contributed by atoms with van der Waals surface area (Å²) >= 11 is 5.94. The number of hydrogen-bond donors (Lipinski definition) is 2. The lowest BCUT2D eigenvalue weighted by Crippen LogP contribution is -3.06. The Hall–Kier alpha value is -2.38. The van der Waals surface area contributed by atoms with E-state index in [2.05, 4.69) is 9.97 Å². The third kappa shape index (κ3) is 4.23. The van der Waals surface area contributed by atoms with Crippen LogP contribution in [0, 0.1) is 0 Å². The molecule has 0 radical (unpaired) electrons. The molecule has 0 saturated heterocycles. The third-order valence-electron chi connectivity index (χ3n) is 3.97. The van der Waals surface area contributed by atoms with Crippen molar-refractivity contribution >= 4 is 22.5 Å². The van der Waals surface area contributed by atoms with Gasteiger partial charge in [0.2, 0.25) is 0 Å². The maximum absolute atomic E-state index is 12.6. The summed E-state index contributed by atoms with van der Waals surface area (Å²) in [6.07, 6.45) is -4.34. The van der Waals surface area contributed by atoms with Crippen molar-refractivity contribution in [2.45, 2.75) is 19.3 Å². The van der Waals surface area contributed by atoms with Crippen molar-refractivity contribution in [1.29, 1.82) is 0 Å². The first-order valence-corrected chi connectivity index (χ1v) is 8.26. The first-order valence-electron chi connectivity index (χ1n) is 7.88. The van der Waals surface area contributed by atoms with Crippen LogP contribution < -0.4 is 10.5 Å². The van der Waals surface area contributed by atoms with Crippen LogP contribution >= 0.6 is 11.6 Å². The van der Waals surface area contributed by atoms with Crippen molar-refractivity contribution in [3.05, 3.63) is 74.8 Å². The molecule has 1 heterocycles. The van der Waals surface area contributed by atoms with E-state index < -0.39 is 11.7 Å². The van der Waals surface area contributed by atoms with Crippen molar-refractivity contribution in [3.63, 3.8) is 0 Å². The summed E-state index contributed by atoms with van der Waals surface area (Å²) < 4.78 is 37.8. The topological polar surface area (TPSA) is 50.2 Å². The molecule has 0 saturated carbocycles. The first kappa shape index (κ1) is 18.4. The number of nitrogens with zero attached hydrogens (tertiary/aromatic N) is 1. The smallest absolute Gasteiger partial charge is 0.327 e. The lowest BCUT2D eigenvalue weighted by atomic mass is 10.1. The number of quaternary nitrogens is 1. The van der Waals surface area contributed by atoms with Gasteiger partial charge in [0.15, 0.2) is 5.82 Å². The number of halogens is 4. The predicted molar refractivity (Wildman–Crippen MR) is 93.1 cm³/mol. The van der Waals surface area contributed by atoms with Crippen LogP contribution in [0.3, 0.4) is 0 Å². The van der Waals surface area contributed by atoms with Gasteiger partial charge in [0.1, 0.15) is 13.1 Å². The Labute approximate surface area is 152 Å². The van der Waals surface area contributed by atoms with Crippen LogP contribution in [0.25, 0.3) is 10.9 Å². The van der Waals surface area contributed by atoms with Crippen LogP contribution in [0.2, 0.25) is 5.02 Å². The van der Waals surface area contributed by atoms with Gasteiger partial charge in [0.25, 0.3) is 5.56 Å². The standard InChI is InChI=1S/C18H15ClF3N3O/c1-25(9-11-2-4-12(5-3-11)18(20,21)22)10-16-23-15-8-13(19)6-7-14(15)17(26)24-16/h2-8H,9-10H2,1H3,(H,23,24,26)/p+1. The highest BCUT2D eigenvalue weighted by molar-refractivity contribution is 6.31. The Morgan fingerprint density at radius 3 is 2.46 bits per heavy atom. The Morgan fingerprint density at radius 1 is 1.12 bits per heavy atom. The van der Waals surface area contributed by atoms with Crippen molar-refractivity contribution in [1.82, 2.24) is 9.97 Å². The first-order chi connectivity index (χ1) is 12.2. The summed E-state index contributed by atoms with van der Waals surface area (Å²) in [6, 6.07) is 9.93. The second-order valence-electron chi connectivity index (χ2n) is 6.18. The van der Waals surface area contributed by atoms with E-state index in [0.717, 1.165) is 22.6 Å². The van der Waals surface area contributed by atoms with E-state index in [1.165, 1.54) is 12.1 Å². The molecule has 3 rings (SSSR count). The molecule has 0 spiro atoms. The Morgan fingerprint density at radius 2 is 1.81 bits per heavy atom.